The van der Waals surface area contributed by atoms with Crippen molar-refractivity contribution in [1.29, 1.82) is 0 Å². The molecule has 21 heavy (non-hydrogen) atoms. The van der Waals surface area contributed by atoms with Gasteiger partial charge in [-0.15, -0.1) is 0 Å². The van der Waals surface area contributed by atoms with E-state index in [4.69, 9.17) is 10.5 Å². The molecule has 2 aromatic rings. The fourth-order valence-corrected chi connectivity index (χ4v) is 1.88. The molecule has 3 N–H and O–H groups in total. The van der Waals surface area contributed by atoms with E-state index < -0.39 is 17.5 Å². The number of hydrogen-bond acceptors (Lipinski definition) is 3. The van der Waals surface area contributed by atoms with Crippen LogP contribution in [0.4, 0.5) is 20.2 Å². The number of amides is 1. The molecule has 4 nitrogen and oxygen atoms in total. The van der Waals surface area contributed by atoms with Crippen LogP contribution < -0.4 is 15.8 Å². The molecule has 1 amide bonds. The Balaban J connectivity index is 2.08. The van der Waals surface area contributed by atoms with Crippen LogP contribution >= 0.6 is 0 Å². The molecule has 2 aromatic carbocycles. The molecule has 0 aliphatic rings. The summed E-state index contributed by atoms with van der Waals surface area (Å²) in [5, 5.41) is 2.57. The predicted octanol–water partition coefficient (Wildman–Crippen LogP) is 2.74. The summed E-state index contributed by atoms with van der Waals surface area (Å²) in [6, 6.07) is 8.45. The topological polar surface area (TPSA) is 64.3 Å². The van der Waals surface area contributed by atoms with E-state index in [2.05, 4.69) is 5.32 Å². The summed E-state index contributed by atoms with van der Waals surface area (Å²) in [6.45, 7) is 0. The van der Waals surface area contributed by atoms with Crippen molar-refractivity contribution in [2.45, 2.75) is 6.42 Å². The number of carbonyl (C=O) groups is 1. The van der Waals surface area contributed by atoms with Gasteiger partial charge in [0.2, 0.25) is 5.91 Å². The van der Waals surface area contributed by atoms with Gasteiger partial charge >= 0.3 is 0 Å². The summed E-state index contributed by atoms with van der Waals surface area (Å²) in [7, 11) is 1.48. The zero-order chi connectivity index (χ0) is 15.4. The van der Waals surface area contributed by atoms with Gasteiger partial charge in [0.1, 0.15) is 5.75 Å². The number of benzene rings is 2. The highest BCUT2D eigenvalue weighted by Crippen LogP contribution is 2.24. The first-order chi connectivity index (χ1) is 10.0. The number of anilines is 2. The summed E-state index contributed by atoms with van der Waals surface area (Å²) in [4.78, 5) is 11.8. The van der Waals surface area contributed by atoms with E-state index in [9.17, 15) is 13.6 Å². The van der Waals surface area contributed by atoms with Crippen molar-refractivity contribution in [2.75, 3.05) is 18.2 Å². The molecule has 0 aliphatic heterocycles. The molecule has 6 heteroatoms. The SMILES string of the molecule is COc1ccc(NC(=O)Cc2cccc(F)c2F)cc1N. The highest BCUT2D eigenvalue weighted by molar-refractivity contribution is 5.93. The quantitative estimate of drug-likeness (QED) is 0.852. The van der Waals surface area contributed by atoms with Gasteiger partial charge in [0, 0.05) is 11.3 Å². The summed E-state index contributed by atoms with van der Waals surface area (Å²) in [6.07, 6.45) is -0.268. The maximum Gasteiger partial charge on any atom is 0.228 e. The lowest BCUT2D eigenvalue weighted by Gasteiger charge is -2.09. The van der Waals surface area contributed by atoms with E-state index in [1.807, 2.05) is 0 Å². The second-order valence-corrected chi connectivity index (χ2v) is 4.39. The number of nitrogens with one attached hydrogen (secondary N) is 1. The lowest BCUT2D eigenvalue weighted by atomic mass is 10.1. The smallest absolute Gasteiger partial charge is 0.228 e. The number of nitrogen functional groups attached to an aromatic ring is 1. The Hall–Kier alpha value is -2.63. The largest absolute Gasteiger partial charge is 0.495 e. The van der Waals surface area contributed by atoms with Crippen molar-refractivity contribution < 1.29 is 18.3 Å². The zero-order valence-electron chi connectivity index (χ0n) is 11.3. The van der Waals surface area contributed by atoms with Crippen molar-refractivity contribution in [3.8, 4) is 5.75 Å². The molecule has 0 heterocycles. The lowest BCUT2D eigenvalue weighted by molar-refractivity contribution is -0.115. The lowest BCUT2D eigenvalue weighted by Crippen LogP contribution is -2.15. The standard InChI is InChI=1S/C15H14F2N2O2/c1-21-13-6-5-10(8-12(13)18)19-14(20)7-9-3-2-4-11(16)15(9)17/h2-6,8H,7,18H2,1H3,(H,19,20). The Morgan fingerprint density at radius 3 is 2.71 bits per heavy atom. The Labute approximate surface area is 120 Å². The average Bonchev–Trinajstić information content (AvgIpc) is 2.44. The first-order valence-electron chi connectivity index (χ1n) is 6.17. The van der Waals surface area contributed by atoms with Crippen LogP contribution in [0.3, 0.4) is 0 Å². The van der Waals surface area contributed by atoms with Gasteiger partial charge in [0.15, 0.2) is 11.6 Å². The Morgan fingerprint density at radius 2 is 2.05 bits per heavy atom. The Bertz CT molecular complexity index is 675. The molecule has 0 bridgehead atoms. The Kier molecular flexibility index (Phi) is 4.37. The second-order valence-electron chi connectivity index (χ2n) is 4.39. The molecule has 0 atom stereocenters. The molecule has 0 fully saturated rings. The molecule has 0 radical (unpaired) electrons. The minimum Gasteiger partial charge on any atom is -0.495 e. The minimum absolute atomic E-state index is 0.00557. The minimum atomic E-state index is -1.01. The molecular weight excluding hydrogens is 278 g/mol. The highest BCUT2D eigenvalue weighted by Gasteiger charge is 2.12. The summed E-state index contributed by atoms with van der Waals surface area (Å²) >= 11 is 0. The molecule has 0 saturated carbocycles. The van der Waals surface area contributed by atoms with Gasteiger partial charge in [-0.05, 0) is 24.3 Å². The number of ether oxygens (including phenoxy) is 1. The van der Waals surface area contributed by atoms with Gasteiger partial charge in [-0.25, -0.2) is 8.78 Å². The van der Waals surface area contributed by atoms with Crippen LogP contribution in [0, 0.1) is 11.6 Å². The van der Waals surface area contributed by atoms with E-state index in [0.717, 1.165) is 6.07 Å². The monoisotopic (exact) mass is 292 g/mol. The third-order valence-corrected chi connectivity index (χ3v) is 2.90. The molecule has 0 saturated heterocycles. The number of hydrogen-bond donors (Lipinski definition) is 2. The molecule has 0 spiro atoms. The number of methoxy groups -OCH3 is 1. The first kappa shape index (κ1) is 14.8. The molecule has 110 valence electrons. The van der Waals surface area contributed by atoms with E-state index in [0.29, 0.717) is 17.1 Å². The third-order valence-electron chi connectivity index (χ3n) is 2.90. The van der Waals surface area contributed by atoms with Gasteiger partial charge < -0.3 is 15.8 Å². The van der Waals surface area contributed by atoms with Crippen LogP contribution in [0.2, 0.25) is 0 Å². The average molecular weight is 292 g/mol. The number of nitrogens with two attached hydrogens (primary N) is 1. The molecule has 2 rings (SSSR count). The van der Waals surface area contributed by atoms with Crippen LogP contribution in [-0.4, -0.2) is 13.0 Å². The van der Waals surface area contributed by atoms with Crippen molar-refractivity contribution in [1.82, 2.24) is 0 Å². The van der Waals surface area contributed by atoms with Crippen molar-refractivity contribution in [3.63, 3.8) is 0 Å². The Morgan fingerprint density at radius 1 is 1.29 bits per heavy atom. The van der Waals surface area contributed by atoms with Gasteiger partial charge in [-0.2, -0.15) is 0 Å². The summed E-state index contributed by atoms with van der Waals surface area (Å²) < 4.78 is 31.5. The highest BCUT2D eigenvalue weighted by atomic mass is 19.2. The van der Waals surface area contributed by atoms with Crippen LogP contribution in [0.5, 0.6) is 5.75 Å². The van der Waals surface area contributed by atoms with Crippen molar-refractivity contribution in [2.24, 2.45) is 0 Å². The molecule has 0 aliphatic carbocycles. The van der Waals surface area contributed by atoms with Crippen molar-refractivity contribution in [3.05, 3.63) is 53.6 Å². The fraction of sp³-hybridized carbons (Fsp3) is 0.133. The van der Waals surface area contributed by atoms with Crippen molar-refractivity contribution >= 4 is 17.3 Å². The van der Waals surface area contributed by atoms with Gasteiger partial charge in [-0.1, -0.05) is 12.1 Å². The maximum absolute atomic E-state index is 13.5. The predicted molar refractivity (Wildman–Crippen MR) is 76.1 cm³/mol. The van der Waals surface area contributed by atoms with Gasteiger partial charge in [-0.3, -0.25) is 4.79 Å². The first-order valence-corrected chi connectivity index (χ1v) is 6.17. The van der Waals surface area contributed by atoms with Crippen LogP contribution in [0.15, 0.2) is 36.4 Å². The zero-order valence-corrected chi connectivity index (χ0v) is 11.3. The molecular formula is C15H14F2N2O2. The summed E-state index contributed by atoms with van der Waals surface area (Å²) in [5.74, 6) is -1.97. The number of carbonyl (C=O) groups excluding carboxylic acids is 1. The van der Waals surface area contributed by atoms with E-state index in [1.165, 1.54) is 25.3 Å². The second kappa shape index (κ2) is 6.21. The fourth-order valence-electron chi connectivity index (χ4n) is 1.88. The summed E-state index contributed by atoms with van der Waals surface area (Å²) in [5.41, 5.74) is 6.53. The van der Waals surface area contributed by atoms with Crippen LogP contribution in [0.1, 0.15) is 5.56 Å². The van der Waals surface area contributed by atoms with E-state index in [1.54, 1.807) is 12.1 Å². The van der Waals surface area contributed by atoms with Gasteiger partial charge in [0.05, 0.1) is 19.2 Å². The molecule has 0 aromatic heterocycles. The number of halogens is 2. The third kappa shape index (κ3) is 3.47. The normalized spacial score (nSPS) is 10.2. The van der Waals surface area contributed by atoms with Crippen LogP contribution in [0.25, 0.3) is 0 Å². The van der Waals surface area contributed by atoms with E-state index >= 15 is 0 Å². The maximum atomic E-state index is 13.5. The van der Waals surface area contributed by atoms with Crippen LogP contribution in [-0.2, 0) is 11.2 Å². The number of rotatable bonds is 4. The molecule has 0 unspecified atom stereocenters. The van der Waals surface area contributed by atoms with E-state index in [-0.39, 0.29) is 12.0 Å². The van der Waals surface area contributed by atoms with Gasteiger partial charge in [0.25, 0.3) is 0 Å².